The Balaban J connectivity index is 1.15. The summed E-state index contributed by atoms with van der Waals surface area (Å²) in [6.07, 6.45) is 7.51. The number of thiophene rings is 1. The van der Waals surface area contributed by atoms with Crippen LogP contribution < -0.4 is 9.13 Å². The van der Waals surface area contributed by atoms with E-state index in [2.05, 4.69) is 154 Å². The number of aryl methyl sites for hydroxylation is 2. The number of benzene rings is 5. The second-order valence-electron chi connectivity index (χ2n) is 15.1. The van der Waals surface area contributed by atoms with Gasteiger partial charge in [-0.25, -0.2) is 0 Å². The Morgan fingerprint density at radius 3 is 2.38 bits per heavy atom. The molecule has 0 bridgehead atoms. The van der Waals surface area contributed by atoms with Gasteiger partial charge in [-0.05, 0) is 86.0 Å². The summed E-state index contributed by atoms with van der Waals surface area (Å²) >= 11 is 1.90. The maximum Gasteiger partial charge on any atom is 0.218 e. The van der Waals surface area contributed by atoms with E-state index in [1.807, 2.05) is 11.3 Å². The molecule has 2 atom stereocenters. The molecule has 2 unspecified atom stereocenters. The molecule has 5 aromatic heterocycles. The number of aromatic nitrogens is 3. The van der Waals surface area contributed by atoms with Gasteiger partial charge < -0.3 is 4.40 Å². The third-order valence-corrected chi connectivity index (χ3v) is 13.4. The number of pyridine rings is 2. The minimum atomic E-state index is 0.274. The van der Waals surface area contributed by atoms with Crippen LogP contribution in [0.5, 0.6) is 0 Å². The van der Waals surface area contributed by atoms with Crippen molar-refractivity contribution in [1.82, 2.24) is 4.40 Å². The summed E-state index contributed by atoms with van der Waals surface area (Å²) in [5, 5.41) is 8.00. The summed E-state index contributed by atoms with van der Waals surface area (Å²) in [7, 11) is 0. The summed E-state index contributed by atoms with van der Waals surface area (Å²) in [4.78, 5) is 0. The van der Waals surface area contributed by atoms with Crippen molar-refractivity contribution in [3.05, 3.63) is 157 Å². The van der Waals surface area contributed by atoms with Gasteiger partial charge in [-0.15, -0.1) is 11.3 Å². The van der Waals surface area contributed by atoms with E-state index in [0.717, 1.165) is 25.0 Å². The van der Waals surface area contributed by atoms with Crippen LogP contribution >= 0.6 is 11.3 Å². The first kappa shape index (κ1) is 28.8. The Morgan fingerprint density at radius 1 is 0.673 bits per heavy atom. The van der Waals surface area contributed by atoms with Gasteiger partial charge in [-0.1, -0.05) is 54.6 Å². The lowest BCUT2D eigenvalue weighted by Gasteiger charge is -2.31. The van der Waals surface area contributed by atoms with Crippen LogP contribution in [0, 0.1) is 6.92 Å². The molecule has 52 heavy (non-hydrogen) atoms. The molecule has 0 N–H and O–H groups in total. The number of allylic oxidation sites excluding steroid dienone is 1. The van der Waals surface area contributed by atoms with Crippen LogP contribution in [0.4, 0.5) is 0 Å². The van der Waals surface area contributed by atoms with E-state index in [1.54, 1.807) is 0 Å². The van der Waals surface area contributed by atoms with Crippen LogP contribution in [0.2, 0.25) is 0 Å². The minimum absolute atomic E-state index is 0.274. The highest BCUT2D eigenvalue weighted by molar-refractivity contribution is 7.25. The molecule has 10 aromatic rings. The van der Waals surface area contributed by atoms with Gasteiger partial charge in [0.15, 0.2) is 24.1 Å². The van der Waals surface area contributed by atoms with E-state index in [9.17, 15) is 0 Å². The largest absolute Gasteiger partial charge is 0.308 e. The van der Waals surface area contributed by atoms with Crippen molar-refractivity contribution < 1.29 is 9.13 Å². The zero-order chi connectivity index (χ0) is 34.2. The molecular weight excluding hydrogens is 651 g/mol. The third-order valence-electron chi connectivity index (χ3n) is 12.3. The first-order valence-corrected chi connectivity index (χ1v) is 19.3. The Labute approximate surface area is 305 Å². The van der Waals surface area contributed by atoms with Gasteiger partial charge in [-0.2, -0.15) is 9.13 Å². The maximum atomic E-state index is 4.81. The predicted molar refractivity (Wildman–Crippen MR) is 216 cm³/mol. The molecule has 12 rings (SSSR count). The molecule has 246 valence electrons. The zero-order valence-corrected chi connectivity index (χ0v) is 29.8. The molecule has 2 aliphatic rings. The van der Waals surface area contributed by atoms with Crippen molar-refractivity contribution in [2.45, 2.75) is 38.1 Å². The average molecular weight is 686 g/mol. The van der Waals surface area contributed by atoms with Crippen molar-refractivity contribution in [2.75, 3.05) is 0 Å². The zero-order valence-electron chi connectivity index (χ0n) is 28.9. The summed E-state index contributed by atoms with van der Waals surface area (Å²) < 4.78 is 10.2. The number of rotatable bonds is 0. The monoisotopic (exact) mass is 685 g/mol. The van der Waals surface area contributed by atoms with E-state index >= 15 is 0 Å². The van der Waals surface area contributed by atoms with E-state index in [4.69, 9.17) is 6.58 Å². The Hall–Kier alpha value is -5.84. The minimum Gasteiger partial charge on any atom is -0.308 e. The van der Waals surface area contributed by atoms with Gasteiger partial charge in [0.25, 0.3) is 0 Å². The molecule has 4 heteroatoms. The highest BCUT2D eigenvalue weighted by Gasteiger charge is 2.42. The molecule has 0 spiro atoms. The van der Waals surface area contributed by atoms with Crippen LogP contribution in [0.25, 0.3) is 86.5 Å². The van der Waals surface area contributed by atoms with E-state index in [-0.39, 0.29) is 6.04 Å². The molecule has 0 saturated heterocycles. The average Bonchev–Trinajstić information content (AvgIpc) is 3.82. The van der Waals surface area contributed by atoms with Gasteiger partial charge in [0, 0.05) is 77.0 Å². The SMILES string of the molecule is C=C1CC2C(CCc3cc4c(cc3-c3ccc(C)c[n+]31)c1cccc3c5cc6sc7ccccc7c6cc5n4c13)c1ccccc1-c1cccc[n+]12. The number of hydrogen-bond donors (Lipinski definition) is 0. The second-order valence-corrected chi connectivity index (χ2v) is 16.1. The summed E-state index contributed by atoms with van der Waals surface area (Å²) in [5.74, 6) is 0.359. The predicted octanol–water partition coefficient (Wildman–Crippen LogP) is 11.6. The van der Waals surface area contributed by atoms with Crippen LogP contribution in [0.3, 0.4) is 0 Å². The van der Waals surface area contributed by atoms with E-state index < -0.39 is 0 Å². The standard InChI is InChI=1S/C48H35N3S/c1-28-17-20-42-37-24-38-35-13-9-14-36-39-26-47-40(34-12-5-6-16-46(34)52-47)25-45(39)51(48(35)36)44(38)23-30(37)18-19-33-31-10-3-4-11-32(31)41-15-7-8-21-49(41)43(33)22-29(2)50(42)27-28/h3-17,20-21,23-27,33,43H,2,18-19,22H2,1H3/q+2. The van der Waals surface area contributed by atoms with Crippen molar-refractivity contribution in [1.29, 1.82) is 0 Å². The van der Waals surface area contributed by atoms with Crippen LogP contribution in [0.1, 0.15) is 41.5 Å². The third kappa shape index (κ3) is 3.80. The molecule has 2 aliphatic heterocycles. The lowest BCUT2D eigenvalue weighted by molar-refractivity contribution is -0.720. The highest BCUT2D eigenvalue weighted by Crippen LogP contribution is 2.47. The van der Waals surface area contributed by atoms with Crippen molar-refractivity contribution in [3.8, 4) is 22.5 Å². The molecular formula is C48H35N3S+2. The van der Waals surface area contributed by atoms with E-state index in [1.165, 1.54) is 97.5 Å². The number of para-hydroxylation sites is 1. The molecule has 0 radical (unpaired) electrons. The van der Waals surface area contributed by atoms with Crippen LogP contribution in [0.15, 0.2) is 140 Å². The Bertz CT molecular complexity index is 3160. The van der Waals surface area contributed by atoms with Gasteiger partial charge in [0.2, 0.25) is 11.4 Å². The normalized spacial score (nSPS) is 17.1. The lowest BCUT2D eigenvalue weighted by Crippen LogP contribution is -2.49. The van der Waals surface area contributed by atoms with Crippen LogP contribution in [-0.2, 0) is 6.42 Å². The highest BCUT2D eigenvalue weighted by atomic mass is 32.1. The fourth-order valence-corrected chi connectivity index (χ4v) is 11.1. The molecule has 0 amide bonds. The number of nitrogens with zero attached hydrogens (tertiary/aromatic N) is 3. The van der Waals surface area contributed by atoms with Gasteiger partial charge in [-0.3, -0.25) is 0 Å². The smallest absolute Gasteiger partial charge is 0.218 e. The molecule has 5 aromatic carbocycles. The molecule has 7 heterocycles. The summed E-state index contributed by atoms with van der Waals surface area (Å²) in [6, 6.07) is 46.3. The second kappa shape index (κ2) is 10.4. The maximum absolute atomic E-state index is 4.81. The molecule has 0 fully saturated rings. The molecule has 0 saturated carbocycles. The Morgan fingerprint density at radius 2 is 1.46 bits per heavy atom. The number of hydrogen-bond acceptors (Lipinski definition) is 1. The van der Waals surface area contributed by atoms with Crippen molar-refractivity contribution in [2.24, 2.45) is 0 Å². The molecule has 0 aliphatic carbocycles. The van der Waals surface area contributed by atoms with Crippen molar-refractivity contribution in [3.63, 3.8) is 0 Å². The van der Waals surface area contributed by atoms with Gasteiger partial charge in [0.05, 0.1) is 28.5 Å². The van der Waals surface area contributed by atoms with Crippen LogP contribution in [-0.4, -0.2) is 4.40 Å². The summed E-state index contributed by atoms with van der Waals surface area (Å²) in [6.45, 7) is 7.01. The van der Waals surface area contributed by atoms with Crippen molar-refractivity contribution >= 4 is 75.3 Å². The fourth-order valence-electron chi connectivity index (χ4n) is 9.98. The Kier molecular flexibility index (Phi) is 5.75. The molecule has 3 nitrogen and oxygen atoms in total. The first-order valence-electron chi connectivity index (χ1n) is 18.5. The topological polar surface area (TPSA) is 12.2 Å². The van der Waals surface area contributed by atoms with E-state index in [0.29, 0.717) is 5.92 Å². The quantitative estimate of drug-likeness (QED) is 0.141. The summed E-state index contributed by atoms with van der Waals surface area (Å²) in [5.41, 5.74) is 14.3. The number of fused-ring (bicyclic) bond motifs is 18. The van der Waals surface area contributed by atoms with Gasteiger partial charge >= 0.3 is 0 Å². The fraction of sp³-hybridized carbons (Fsp3) is 0.125. The lowest BCUT2D eigenvalue weighted by atomic mass is 9.77. The van der Waals surface area contributed by atoms with Gasteiger partial charge in [0.1, 0.15) is 0 Å². The first-order chi connectivity index (χ1) is 25.6.